The van der Waals surface area contributed by atoms with Crippen molar-refractivity contribution >= 4 is 27.5 Å². The second-order valence-corrected chi connectivity index (χ2v) is 10.4. The van der Waals surface area contributed by atoms with Gasteiger partial charge in [-0.1, -0.05) is 6.07 Å². The number of benzene rings is 1. The van der Waals surface area contributed by atoms with Crippen LogP contribution in [0.3, 0.4) is 0 Å². The van der Waals surface area contributed by atoms with Crippen LogP contribution in [0.2, 0.25) is 0 Å². The highest BCUT2D eigenvalue weighted by Gasteiger charge is 2.45. The number of sulfone groups is 1. The molecule has 2 fully saturated rings. The van der Waals surface area contributed by atoms with Crippen molar-refractivity contribution in [2.24, 2.45) is 4.99 Å². The summed E-state index contributed by atoms with van der Waals surface area (Å²) in [5, 5.41) is 9.75. The van der Waals surface area contributed by atoms with Gasteiger partial charge in [-0.25, -0.2) is 18.2 Å². The first-order chi connectivity index (χ1) is 15.7. The number of carboxylic acid groups (broad SMARTS) is 1. The van der Waals surface area contributed by atoms with Crippen molar-refractivity contribution in [3.63, 3.8) is 0 Å². The molecule has 1 aliphatic heterocycles. The van der Waals surface area contributed by atoms with Crippen LogP contribution in [0.4, 0.5) is 0 Å². The van der Waals surface area contributed by atoms with Crippen LogP contribution in [-0.4, -0.2) is 84.0 Å². The lowest BCUT2D eigenvalue weighted by molar-refractivity contribution is -0.146. The highest BCUT2D eigenvalue weighted by atomic mass is 32.2. The molecule has 1 saturated carbocycles. The Hall–Kier alpha value is -3.27. The number of rotatable bonds is 5. The van der Waals surface area contributed by atoms with Crippen molar-refractivity contribution < 1.29 is 23.1 Å². The van der Waals surface area contributed by atoms with E-state index in [4.69, 9.17) is 0 Å². The van der Waals surface area contributed by atoms with Crippen molar-refractivity contribution in [1.29, 1.82) is 0 Å². The average Bonchev–Trinajstić information content (AvgIpc) is 2.78. The summed E-state index contributed by atoms with van der Waals surface area (Å²) in [4.78, 5) is 37.8. The van der Waals surface area contributed by atoms with Gasteiger partial charge >= 0.3 is 5.97 Å². The molecular weight excluding hydrogens is 444 g/mol. The van der Waals surface area contributed by atoms with Gasteiger partial charge < -0.3 is 14.9 Å². The molecular formula is C23H26N4O5S. The van der Waals surface area contributed by atoms with Gasteiger partial charge in [-0.3, -0.25) is 9.78 Å². The second kappa shape index (κ2) is 8.93. The topological polar surface area (TPSA) is 120 Å². The van der Waals surface area contributed by atoms with E-state index in [0.29, 0.717) is 56.1 Å². The number of aromatic nitrogens is 1. The standard InChI is InChI=1S/C23H26N4O5S/c1-33(31,32)18-8-6-17(7-9-18)21(28)27-15-13-26(14-16-27)20(19-5-2-3-12-24-19)25-23(22(29)30)10-4-11-23/h2-3,5-9,12H,4,10-11,13-16H2,1H3,(H,29,30)/b25-20+. The molecule has 2 aliphatic rings. The summed E-state index contributed by atoms with van der Waals surface area (Å²) in [7, 11) is -3.32. The predicted octanol–water partition coefficient (Wildman–Crippen LogP) is 1.70. The van der Waals surface area contributed by atoms with Crippen LogP contribution in [0.1, 0.15) is 35.3 Å². The van der Waals surface area contributed by atoms with Gasteiger partial charge in [0.25, 0.3) is 5.91 Å². The molecule has 4 rings (SSSR count). The molecule has 1 amide bonds. The molecule has 0 radical (unpaired) electrons. The summed E-state index contributed by atoms with van der Waals surface area (Å²) in [5.74, 6) is -0.553. The third-order valence-electron chi connectivity index (χ3n) is 6.19. The fraction of sp³-hybridized carbons (Fsp3) is 0.391. The number of aliphatic carboxylic acids is 1. The quantitative estimate of drug-likeness (QED) is 0.522. The zero-order valence-corrected chi connectivity index (χ0v) is 19.2. The van der Waals surface area contributed by atoms with E-state index in [-0.39, 0.29) is 10.8 Å². The molecule has 1 N–H and O–H groups in total. The Kier molecular flexibility index (Phi) is 6.20. The molecule has 1 saturated heterocycles. The van der Waals surface area contributed by atoms with Crippen LogP contribution in [0, 0.1) is 0 Å². The van der Waals surface area contributed by atoms with Crippen LogP contribution in [0.15, 0.2) is 58.5 Å². The molecule has 0 spiro atoms. The molecule has 1 aliphatic carbocycles. The van der Waals surface area contributed by atoms with Crippen LogP contribution in [0.25, 0.3) is 0 Å². The number of pyridine rings is 1. The number of carboxylic acids is 1. The Morgan fingerprint density at radius 2 is 1.64 bits per heavy atom. The van der Waals surface area contributed by atoms with E-state index in [9.17, 15) is 23.1 Å². The van der Waals surface area contributed by atoms with E-state index >= 15 is 0 Å². The van der Waals surface area contributed by atoms with Gasteiger partial charge in [0.05, 0.1) is 4.90 Å². The summed E-state index contributed by atoms with van der Waals surface area (Å²) >= 11 is 0. The number of hydrogen-bond acceptors (Lipinski definition) is 6. The number of hydrogen-bond donors (Lipinski definition) is 1. The number of carbonyl (C=O) groups is 2. The van der Waals surface area contributed by atoms with Gasteiger partial charge in [-0.05, 0) is 55.7 Å². The van der Waals surface area contributed by atoms with E-state index in [1.54, 1.807) is 17.2 Å². The minimum atomic E-state index is -3.32. The first-order valence-corrected chi connectivity index (χ1v) is 12.7. The number of carbonyl (C=O) groups excluding carboxylic acids is 1. The molecule has 0 unspecified atom stereocenters. The summed E-state index contributed by atoms with van der Waals surface area (Å²) in [5.41, 5.74) is -0.0730. The normalized spacial score (nSPS) is 18.5. The Morgan fingerprint density at radius 1 is 1.00 bits per heavy atom. The van der Waals surface area contributed by atoms with Crippen LogP contribution < -0.4 is 0 Å². The minimum absolute atomic E-state index is 0.170. The van der Waals surface area contributed by atoms with Crippen molar-refractivity contribution in [3.8, 4) is 0 Å². The van der Waals surface area contributed by atoms with Gasteiger partial charge in [0.2, 0.25) is 0 Å². The smallest absolute Gasteiger partial charge is 0.331 e. The number of aliphatic imine (C=N–C) groups is 1. The third-order valence-corrected chi connectivity index (χ3v) is 7.32. The first-order valence-electron chi connectivity index (χ1n) is 10.8. The summed E-state index contributed by atoms with van der Waals surface area (Å²) in [6.45, 7) is 1.83. The molecule has 0 atom stereocenters. The molecule has 2 heterocycles. The Balaban J connectivity index is 1.51. The van der Waals surface area contributed by atoms with Crippen molar-refractivity contribution in [1.82, 2.24) is 14.8 Å². The van der Waals surface area contributed by atoms with Gasteiger partial charge in [-0.15, -0.1) is 0 Å². The maximum atomic E-state index is 12.9. The number of amides is 1. The summed E-state index contributed by atoms with van der Waals surface area (Å²) in [6.07, 6.45) is 4.60. The van der Waals surface area contributed by atoms with Gasteiger partial charge in [0, 0.05) is 44.2 Å². The van der Waals surface area contributed by atoms with Gasteiger partial charge in [-0.2, -0.15) is 0 Å². The predicted molar refractivity (Wildman–Crippen MR) is 122 cm³/mol. The highest BCUT2D eigenvalue weighted by Crippen LogP contribution is 2.37. The molecule has 10 heteroatoms. The lowest BCUT2D eigenvalue weighted by atomic mass is 9.77. The first kappa shape index (κ1) is 22.9. The zero-order valence-electron chi connectivity index (χ0n) is 18.3. The summed E-state index contributed by atoms with van der Waals surface area (Å²) in [6, 6.07) is 11.4. The largest absolute Gasteiger partial charge is 0.479 e. The monoisotopic (exact) mass is 470 g/mol. The number of nitrogens with zero attached hydrogens (tertiary/aromatic N) is 4. The van der Waals surface area contributed by atoms with E-state index < -0.39 is 21.3 Å². The van der Waals surface area contributed by atoms with Crippen LogP contribution in [0.5, 0.6) is 0 Å². The molecule has 0 bridgehead atoms. The maximum absolute atomic E-state index is 12.9. The van der Waals surface area contributed by atoms with Gasteiger partial charge in [0.1, 0.15) is 5.69 Å². The van der Waals surface area contributed by atoms with Crippen LogP contribution in [-0.2, 0) is 14.6 Å². The van der Waals surface area contributed by atoms with Crippen LogP contribution >= 0.6 is 0 Å². The number of piperazine rings is 1. The number of amidine groups is 1. The lowest BCUT2D eigenvalue weighted by Gasteiger charge is -2.39. The van der Waals surface area contributed by atoms with Gasteiger partial charge in [0.15, 0.2) is 21.2 Å². The van der Waals surface area contributed by atoms with E-state index in [2.05, 4.69) is 9.98 Å². The van der Waals surface area contributed by atoms with Crippen molar-refractivity contribution in [3.05, 3.63) is 59.9 Å². The average molecular weight is 471 g/mol. The lowest BCUT2D eigenvalue weighted by Crippen LogP contribution is -2.52. The SMILES string of the molecule is CS(=O)(=O)c1ccc(C(=O)N2CCN(/C(=N/C3(C(=O)O)CCC3)c3ccccn3)CC2)cc1. The Bertz CT molecular complexity index is 1170. The van der Waals surface area contributed by atoms with Crippen molar-refractivity contribution in [2.45, 2.75) is 29.7 Å². The highest BCUT2D eigenvalue weighted by molar-refractivity contribution is 7.90. The fourth-order valence-corrected chi connectivity index (χ4v) is 4.65. The molecule has 9 nitrogen and oxygen atoms in total. The zero-order chi connectivity index (χ0) is 23.6. The molecule has 1 aromatic carbocycles. The Morgan fingerprint density at radius 3 is 2.12 bits per heavy atom. The van der Waals surface area contributed by atoms with E-state index in [0.717, 1.165) is 12.7 Å². The van der Waals surface area contributed by atoms with E-state index in [1.165, 1.54) is 24.3 Å². The van der Waals surface area contributed by atoms with E-state index in [1.807, 2.05) is 17.0 Å². The second-order valence-electron chi connectivity index (χ2n) is 8.42. The maximum Gasteiger partial charge on any atom is 0.331 e. The molecule has 33 heavy (non-hydrogen) atoms. The minimum Gasteiger partial charge on any atom is -0.479 e. The van der Waals surface area contributed by atoms with Crippen molar-refractivity contribution in [2.75, 3.05) is 32.4 Å². The molecule has 174 valence electrons. The molecule has 1 aromatic heterocycles. The Labute approximate surface area is 192 Å². The summed E-state index contributed by atoms with van der Waals surface area (Å²) < 4.78 is 23.3. The molecule has 2 aromatic rings. The third kappa shape index (κ3) is 4.75. The fourth-order valence-electron chi connectivity index (χ4n) is 4.02.